The Labute approximate surface area is 239 Å². The quantitative estimate of drug-likeness (QED) is 0.318. The number of carbonyl (C=O) groups is 2. The number of halogens is 1. The number of ether oxygens (including phenoxy) is 3. The number of benzene rings is 3. The van der Waals surface area contributed by atoms with Gasteiger partial charge in [-0.05, 0) is 60.7 Å². The van der Waals surface area contributed by atoms with Gasteiger partial charge in [0, 0.05) is 40.4 Å². The van der Waals surface area contributed by atoms with E-state index in [9.17, 15) is 9.59 Å². The summed E-state index contributed by atoms with van der Waals surface area (Å²) in [5.74, 6) is 0.0173. The summed E-state index contributed by atoms with van der Waals surface area (Å²) in [5, 5.41) is 4.06. The average molecular weight is 558 g/mol. The van der Waals surface area contributed by atoms with Crippen molar-refractivity contribution in [1.82, 2.24) is 5.32 Å². The molecule has 0 fully saturated rings. The molecule has 0 bridgehead atoms. The number of carbonyl (C=O) groups excluding carboxylic acids is 2. The number of nitrogens with one attached hydrogen (secondary N) is 1. The van der Waals surface area contributed by atoms with Crippen LogP contribution < -0.4 is 14.8 Å². The Hall–Kier alpha value is -4.03. The van der Waals surface area contributed by atoms with Crippen LogP contribution in [0, 0.1) is 0 Å². The third-order valence-corrected chi connectivity index (χ3v) is 7.86. The topological polar surface area (TPSA) is 73.9 Å². The second-order valence-electron chi connectivity index (χ2n) is 10.0. The SMILES string of the molecule is COc1ccc(OC)c([C@@H]2C(C(=O)OCCc3ccccc3)=C(C)NC3=C2C(=O)C[C@@H](c2ccc(Cl)cc2)C3)c1. The normalized spacial score (nSPS) is 18.6. The Morgan fingerprint density at radius 1 is 0.975 bits per heavy atom. The molecular formula is C33H32ClNO5. The van der Waals surface area contributed by atoms with Crippen LogP contribution in [0.2, 0.25) is 5.02 Å². The van der Waals surface area contributed by atoms with Crippen LogP contribution in [-0.4, -0.2) is 32.6 Å². The first kappa shape index (κ1) is 27.5. The number of allylic oxidation sites excluding steroid dienone is 3. The summed E-state index contributed by atoms with van der Waals surface area (Å²) in [6, 6.07) is 22.9. The van der Waals surface area contributed by atoms with Crippen molar-refractivity contribution >= 4 is 23.4 Å². The van der Waals surface area contributed by atoms with Crippen molar-refractivity contribution in [2.24, 2.45) is 0 Å². The average Bonchev–Trinajstić information content (AvgIpc) is 2.96. The second-order valence-corrected chi connectivity index (χ2v) is 10.5. The zero-order chi connectivity index (χ0) is 28.2. The minimum absolute atomic E-state index is 0.00366. The van der Waals surface area contributed by atoms with Gasteiger partial charge in [-0.1, -0.05) is 54.1 Å². The largest absolute Gasteiger partial charge is 0.497 e. The molecule has 0 saturated heterocycles. The first-order chi connectivity index (χ1) is 19.4. The summed E-state index contributed by atoms with van der Waals surface area (Å²) in [6.07, 6.45) is 1.54. The van der Waals surface area contributed by atoms with Gasteiger partial charge in [-0.3, -0.25) is 4.79 Å². The summed E-state index contributed by atoms with van der Waals surface area (Å²) < 4.78 is 17.0. The van der Waals surface area contributed by atoms with Crippen molar-refractivity contribution in [3.05, 3.63) is 117 Å². The molecule has 1 N–H and O–H groups in total. The van der Waals surface area contributed by atoms with E-state index in [4.69, 9.17) is 25.8 Å². The molecule has 1 heterocycles. The van der Waals surface area contributed by atoms with Crippen molar-refractivity contribution in [2.75, 3.05) is 20.8 Å². The Balaban J connectivity index is 1.53. The maximum absolute atomic E-state index is 13.9. The Morgan fingerprint density at radius 3 is 2.42 bits per heavy atom. The molecule has 1 aliphatic heterocycles. The van der Waals surface area contributed by atoms with E-state index in [1.54, 1.807) is 26.4 Å². The highest BCUT2D eigenvalue weighted by molar-refractivity contribution is 6.30. The lowest BCUT2D eigenvalue weighted by Gasteiger charge is -2.37. The molecule has 3 aromatic carbocycles. The highest BCUT2D eigenvalue weighted by Crippen LogP contribution is 2.48. The van der Waals surface area contributed by atoms with Gasteiger partial charge in [0.15, 0.2) is 5.78 Å². The van der Waals surface area contributed by atoms with E-state index in [1.807, 2.05) is 67.6 Å². The highest BCUT2D eigenvalue weighted by Gasteiger charge is 2.42. The van der Waals surface area contributed by atoms with Gasteiger partial charge in [0.1, 0.15) is 11.5 Å². The third-order valence-electron chi connectivity index (χ3n) is 7.60. The monoisotopic (exact) mass is 557 g/mol. The van der Waals surface area contributed by atoms with Gasteiger partial charge in [0.05, 0.1) is 32.3 Å². The molecule has 2 aliphatic rings. The zero-order valence-electron chi connectivity index (χ0n) is 22.8. The Kier molecular flexibility index (Phi) is 8.27. The van der Waals surface area contributed by atoms with Crippen molar-refractivity contribution in [1.29, 1.82) is 0 Å². The van der Waals surface area contributed by atoms with Gasteiger partial charge < -0.3 is 19.5 Å². The summed E-state index contributed by atoms with van der Waals surface area (Å²) in [7, 11) is 3.16. The molecule has 2 atom stereocenters. The van der Waals surface area contributed by atoms with Crippen LogP contribution in [0.5, 0.6) is 11.5 Å². The molecule has 0 amide bonds. The summed E-state index contributed by atoms with van der Waals surface area (Å²) in [5.41, 5.74) is 5.24. The minimum Gasteiger partial charge on any atom is -0.497 e. The van der Waals surface area contributed by atoms with Gasteiger partial charge in [-0.15, -0.1) is 0 Å². The molecule has 0 saturated carbocycles. The van der Waals surface area contributed by atoms with Gasteiger partial charge in [-0.25, -0.2) is 4.79 Å². The number of esters is 1. The maximum atomic E-state index is 13.9. The van der Waals surface area contributed by atoms with E-state index in [2.05, 4.69) is 5.32 Å². The predicted molar refractivity (Wildman–Crippen MR) is 155 cm³/mol. The van der Waals surface area contributed by atoms with E-state index in [0.29, 0.717) is 58.2 Å². The number of methoxy groups -OCH3 is 2. The molecule has 6 nitrogen and oxygen atoms in total. The second kappa shape index (κ2) is 12.0. The summed E-state index contributed by atoms with van der Waals surface area (Å²) in [4.78, 5) is 27.6. The molecule has 0 spiro atoms. The van der Waals surface area contributed by atoms with Gasteiger partial charge >= 0.3 is 5.97 Å². The van der Waals surface area contributed by atoms with Crippen LogP contribution in [0.1, 0.15) is 48.3 Å². The summed E-state index contributed by atoms with van der Waals surface area (Å²) in [6.45, 7) is 2.08. The van der Waals surface area contributed by atoms with E-state index in [-0.39, 0.29) is 18.3 Å². The van der Waals surface area contributed by atoms with Crippen LogP contribution in [0.25, 0.3) is 0 Å². The predicted octanol–water partition coefficient (Wildman–Crippen LogP) is 6.50. The molecule has 0 unspecified atom stereocenters. The lowest BCUT2D eigenvalue weighted by atomic mass is 9.71. The number of Topliss-reactive ketones (excluding diaryl/α,β-unsaturated/α-hetero) is 1. The molecule has 0 aromatic heterocycles. The maximum Gasteiger partial charge on any atom is 0.336 e. The van der Waals surface area contributed by atoms with E-state index in [0.717, 1.165) is 16.8 Å². The fourth-order valence-corrected chi connectivity index (χ4v) is 5.77. The van der Waals surface area contributed by atoms with Crippen molar-refractivity contribution in [3.63, 3.8) is 0 Å². The molecule has 7 heteroatoms. The lowest BCUT2D eigenvalue weighted by Crippen LogP contribution is -2.36. The van der Waals surface area contributed by atoms with Gasteiger partial charge in [-0.2, -0.15) is 0 Å². The van der Waals surface area contributed by atoms with Gasteiger partial charge in [0.25, 0.3) is 0 Å². The number of hydrogen-bond donors (Lipinski definition) is 1. The first-order valence-electron chi connectivity index (χ1n) is 13.3. The van der Waals surface area contributed by atoms with Crippen molar-refractivity contribution < 1.29 is 23.8 Å². The molecule has 5 rings (SSSR count). The molecular weight excluding hydrogens is 526 g/mol. The number of rotatable bonds is 8. The standard InChI is InChI=1S/C33H32ClNO5/c1-20-30(33(37)40-16-15-21-7-5-4-6-8-21)31(26-19-25(38-2)13-14-29(26)39-3)32-27(35-20)17-23(18-28(32)36)22-9-11-24(34)12-10-22/h4-14,19,23,31,35H,15-18H2,1-3H3/t23-,31+/m0/s1. The first-order valence-corrected chi connectivity index (χ1v) is 13.7. The van der Waals surface area contributed by atoms with E-state index in [1.165, 1.54) is 0 Å². The fraction of sp³-hybridized carbons (Fsp3) is 0.273. The number of dihydropyridines is 1. The third kappa shape index (κ3) is 5.63. The Bertz CT molecular complexity index is 1480. The minimum atomic E-state index is -0.663. The van der Waals surface area contributed by atoms with Crippen molar-refractivity contribution in [3.8, 4) is 11.5 Å². The molecule has 0 radical (unpaired) electrons. The smallest absolute Gasteiger partial charge is 0.336 e. The van der Waals surface area contributed by atoms with Gasteiger partial charge in [0.2, 0.25) is 0 Å². The van der Waals surface area contributed by atoms with Crippen LogP contribution >= 0.6 is 11.6 Å². The van der Waals surface area contributed by atoms with Crippen LogP contribution in [0.15, 0.2) is 95.3 Å². The highest BCUT2D eigenvalue weighted by atomic mass is 35.5. The molecule has 1 aliphatic carbocycles. The van der Waals surface area contributed by atoms with Crippen LogP contribution in [-0.2, 0) is 20.7 Å². The van der Waals surface area contributed by atoms with Crippen LogP contribution in [0.3, 0.4) is 0 Å². The molecule has 3 aromatic rings. The molecule has 206 valence electrons. The van der Waals surface area contributed by atoms with E-state index < -0.39 is 11.9 Å². The summed E-state index contributed by atoms with van der Waals surface area (Å²) >= 11 is 6.11. The molecule has 40 heavy (non-hydrogen) atoms. The zero-order valence-corrected chi connectivity index (χ0v) is 23.6. The number of hydrogen-bond acceptors (Lipinski definition) is 6. The van der Waals surface area contributed by atoms with Crippen molar-refractivity contribution in [2.45, 2.75) is 38.0 Å². The van der Waals surface area contributed by atoms with Crippen LogP contribution in [0.4, 0.5) is 0 Å². The van der Waals surface area contributed by atoms with E-state index >= 15 is 0 Å². The lowest BCUT2D eigenvalue weighted by molar-refractivity contribution is -0.139. The number of ketones is 1. The fourth-order valence-electron chi connectivity index (χ4n) is 5.64. The Morgan fingerprint density at radius 2 is 1.73 bits per heavy atom.